The Morgan fingerprint density at radius 3 is 2.40 bits per heavy atom. The first-order chi connectivity index (χ1) is 14.4. The zero-order valence-corrected chi connectivity index (χ0v) is 18.2. The Morgan fingerprint density at radius 1 is 1.03 bits per heavy atom. The van der Waals surface area contributed by atoms with Crippen LogP contribution in [0, 0.1) is 27.7 Å². The summed E-state index contributed by atoms with van der Waals surface area (Å²) >= 11 is 0. The average molecular weight is 402 g/mol. The molecule has 154 valence electrons. The molecule has 0 aliphatic rings. The summed E-state index contributed by atoms with van der Waals surface area (Å²) in [6.07, 6.45) is 1.52. The largest absolute Gasteiger partial charge is 0.459 e. The van der Waals surface area contributed by atoms with Gasteiger partial charge in [-0.1, -0.05) is 18.2 Å². The third-order valence-corrected chi connectivity index (χ3v) is 6.03. The van der Waals surface area contributed by atoms with Crippen molar-refractivity contribution in [2.75, 3.05) is 7.05 Å². The second-order valence-corrected chi connectivity index (χ2v) is 7.98. The number of imidazole rings is 1. The highest BCUT2D eigenvalue weighted by Gasteiger charge is 2.20. The van der Waals surface area contributed by atoms with E-state index in [-0.39, 0.29) is 5.91 Å². The molecule has 0 aliphatic carbocycles. The summed E-state index contributed by atoms with van der Waals surface area (Å²) in [4.78, 5) is 19.2. The lowest BCUT2D eigenvalue weighted by Crippen LogP contribution is -2.27. The predicted molar refractivity (Wildman–Crippen MR) is 119 cm³/mol. The molecule has 4 aromatic rings. The lowest BCUT2D eigenvalue weighted by molar-refractivity contribution is 0.0748. The van der Waals surface area contributed by atoms with Gasteiger partial charge >= 0.3 is 0 Å². The molecule has 2 heterocycles. The minimum Gasteiger partial charge on any atom is -0.459 e. The highest BCUT2D eigenvalue weighted by molar-refractivity contribution is 5.91. The van der Waals surface area contributed by atoms with Crippen molar-refractivity contribution in [3.05, 3.63) is 88.1 Å². The van der Waals surface area contributed by atoms with Crippen LogP contribution in [0.25, 0.3) is 11.0 Å². The monoisotopic (exact) mass is 401 g/mol. The summed E-state index contributed by atoms with van der Waals surface area (Å²) in [6.45, 7) is 9.81. The minimum atomic E-state index is -0.155. The molecular weight excluding hydrogens is 374 g/mol. The van der Waals surface area contributed by atoms with Crippen LogP contribution in [-0.4, -0.2) is 27.4 Å². The number of aromatic nitrogens is 2. The second kappa shape index (κ2) is 7.82. The topological polar surface area (TPSA) is 51.3 Å². The fourth-order valence-electron chi connectivity index (χ4n) is 3.99. The molecule has 0 spiro atoms. The maximum Gasteiger partial charge on any atom is 0.289 e. The van der Waals surface area contributed by atoms with E-state index in [4.69, 9.17) is 9.40 Å². The molecule has 0 N–H and O–H groups in total. The zero-order chi connectivity index (χ0) is 21.4. The SMILES string of the molecule is Cc1cc(C)c(C)c(Cn2c(CN(C)C(=O)c3ccco3)nc3ccccc32)c1C. The molecule has 1 amide bonds. The number of amides is 1. The van der Waals surface area contributed by atoms with Crippen molar-refractivity contribution in [3.63, 3.8) is 0 Å². The molecule has 4 rings (SSSR count). The first kappa shape index (κ1) is 20.0. The molecule has 30 heavy (non-hydrogen) atoms. The Labute approximate surface area is 177 Å². The number of carbonyl (C=O) groups is 1. The van der Waals surface area contributed by atoms with Crippen LogP contribution < -0.4 is 0 Å². The molecule has 0 saturated heterocycles. The third kappa shape index (κ3) is 3.52. The molecule has 2 aromatic heterocycles. The van der Waals surface area contributed by atoms with Crippen LogP contribution in [0.3, 0.4) is 0 Å². The van der Waals surface area contributed by atoms with Crippen LogP contribution in [-0.2, 0) is 13.1 Å². The maximum atomic E-state index is 12.7. The normalized spacial score (nSPS) is 11.2. The van der Waals surface area contributed by atoms with Gasteiger partial charge in [0.15, 0.2) is 5.76 Å². The molecular formula is C25H27N3O2. The molecule has 0 atom stereocenters. The quantitative estimate of drug-likeness (QED) is 0.463. The second-order valence-electron chi connectivity index (χ2n) is 7.98. The van der Waals surface area contributed by atoms with E-state index in [2.05, 4.69) is 44.4 Å². The molecule has 0 unspecified atom stereocenters. The van der Waals surface area contributed by atoms with Gasteiger partial charge in [-0.05, 0) is 79.8 Å². The number of fused-ring (bicyclic) bond motifs is 1. The van der Waals surface area contributed by atoms with Crippen molar-refractivity contribution in [2.24, 2.45) is 0 Å². The van der Waals surface area contributed by atoms with Crippen molar-refractivity contribution >= 4 is 16.9 Å². The van der Waals surface area contributed by atoms with Gasteiger partial charge in [-0.15, -0.1) is 0 Å². The molecule has 0 fully saturated rings. The number of benzene rings is 2. The Morgan fingerprint density at radius 2 is 1.73 bits per heavy atom. The van der Waals surface area contributed by atoms with Gasteiger partial charge < -0.3 is 13.9 Å². The number of para-hydroxylation sites is 2. The van der Waals surface area contributed by atoms with E-state index in [1.54, 1.807) is 24.1 Å². The van der Waals surface area contributed by atoms with E-state index in [1.807, 2.05) is 18.2 Å². The van der Waals surface area contributed by atoms with Crippen LogP contribution in [0.15, 0.2) is 53.1 Å². The summed E-state index contributed by atoms with van der Waals surface area (Å²) in [7, 11) is 1.78. The van der Waals surface area contributed by atoms with Gasteiger partial charge in [0.2, 0.25) is 0 Å². The summed E-state index contributed by atoms with van der Waals surface area (Å²) in [5.41, 5.74) is 8.53. The van der Waals surface area contributed by atoms with E-state index >= 15 is 0 Å². The Balaban J connectivity index is 1.76. The van der Waals surface area contributed by atoms with Crippen LogP contribution in [0.5, 0.6) is 0 Å². The van der Waals surface area contributed by atoms with Gasteiger partial charge in [-0.25, -0.2) is 4.98 Å². The average Bonchev–Trinajstić information content (AvgIpc) is 3.37. The predicted octanol–water partition coefficient (Wildman–Crippen LogP) is 5.18. The van der Waals surface area contributed by atoms with Crippen LogP contribution in [0.4, 0.5) is 0 Å². The van der Waals surface area contributed by atoms with E-state index in [0.717, 1.165) is 23.4 Å². The van der Waals surface area contributed by atoms with Crippen molar-refractivity contribution in [2.45, 2.75) is 40.8 Å². The highest BCUT2D eigenvalue weighted by atomic mass is 16.3. The van der Waals surface area contributed by atoms with Gasteiger partial charge in [0.1, 0.15) is 5.82 Å². The van der Waals surface area contributed by atoms with Gasteiger partial charge in [0, 0.05) is 13.6 Å². The summed E-state index contributed by atoms with van der Waals surface area (Å²) in [5, 5.41) is 0. The summed E-state index contributed by atoms with van der Waals surface area (Å²) in [6, 6.07) is 13.8. The molecule has 0 bridgehead atoms. The summed E-state index contributed by atoms with van der Waals surface area (Å²) in [5.74, 6) is 1.04. The highest BCUT2D eigenvalue weighted by Crippen LogP contribution is 2.26. The Kier molecular flexibility index (Phi) is 5.20. The van der Waals surface area contributed by atoms with Gasteiger partial charge in [0.25, 0.3) is 5.91 Å². The molecule has 0 radical (unpaired) electrons. The van der Waals surface area contributed by atoms with E-state index < -0.39 is 0 Å². The Hall–Kier alpha value is -3.34. The number of rotatable bonds is 5. The van der Waals surface area contributed by atoms with E-state index in [0.29, 0.717) is 12.3 Å². The third-order valence-electron chi connectivity index (χ3n) is 6.03. The molecule has 5 nitrogen and oxygen atoms in total. The smallest absolute Gasteiger partial charge is 0.289 e. The first-order valence-electron chi connectivity index (χ1n) is 10.2. The number of hydrogen-bond acceptors (Lipinski definition) is 3. The molecule has 0 saturated carbocycles. The van der Waals surface area contributed by atoms with Crippen LogP contribution in [0.1, 0.15) is 44.2 Å². The summed E-state index contributed by atoms with van der Waals surface area (Å²) < 4.78 is 7.51. The minimum absolute atomic E-state index is 0.155. The van der Waals surface area contributed by atoms with Crippen LogP contribution in [0.2, 0.25) is 0 Å². The number of aryl methyl sites for hydroxylation is 2. The van der Waals surface area contributed by atoms with Crippen molar-refractivity contribution in [1.82, 2.24) is 14.5 Å². The van der Waals surface area contributed by atoms with Crippen molar-refractivity contribution in [3.8, 4) is 0 Å². The van der Waals surface area contributed by atoms with Crippen molar-refractivity contribution < 1.29 is 9.21 Å². The van der Waals surface area contributed by atoms with Crippen LogP contribution >= 0.6 is 0 Å². The van der Waals surface area contributed by atoms with Crippen molar-refractivity contribution in [1.29, 1.82) is 0 Å². The maximum absolute atomic E-state index is 12.7. The van der Waals surface area contributed by atoms with E-state index in [1.165, 1.54) is 34.1 Å². The standard InChI is InChI=1S/C25H27N3O2/c1-16-13-17(2)19(4)20(18(16)3)14-28-22-10-7-6-9-21(22)26-24(28)15-27(5)25(29)23-11-8-12-30-23/h6-13H,14-15H2,1-5H3. The van der Waals surface area contributed by atoms with Gasteiger partial charge in [-0.3, -0.25) is 4.79 Å². The van der Waals surface area contributed by atoms with Gasteiger partial charge in [0.05, 0.1) is 23.8 Å². The number of nitrogens with zero attached hydrogens (tertiary/aromatic N) is 3. The fourth-order valence-corrected chi connectivity index (χ4v) is 3.99. The van der Waals surface area contributed by atoms with E-state index in [9.17, 15) is 4.79 Å². The number of carbonyl (C=O) groups excluding carboxylic acids is 1. The molecule has 2 aromatic carbocycles. The fraction of sp³-hybridized carbons (Fsp3) is 0.280. The van der Waals surface area contributed by atoms with Gasteiger partial charge in [-0.2, -0.15) is 0 Å². The lowest BCUT2D eigenvalue weighted by Gasteiger charge is -2.20. The zero-order valence-electron chi connectivity index (χ0n) is 18.2. The Bertz CT molecular complexity index is 1190. The molecule has 5 heteroatoms. The molecule has 0 aliphatic heterocycles. The lowest BCUT2D eigenvalue weighted by atomic mass is 9.94. The number of furan rings is 1. The number of hydrogen-bond donors (Lipinski definition) is 0. The first-order valence-corrected chi connectivity index (χ1v) is 10.2.